The number of carbonyl (C=O) groups excluding carboxylic acids is 1. The van der Waals surface area contributed by atoms with Crippen LogP contribution in [0.15, 0.2) is 71.8 Å². The lowest BCUT2D eigenvalue weighted by Gasteiger charge is -2.08. The van der Waals surface area contributed by atoms with Gasteiger partial charge in [0, 0.05) is 24.9 Å². The molecule has 1 aromatic carbocycles. The monoisotopic (exact) mass is 416 g/mol. The van der Waals surface area contributed by atoms with Gasteiger partial charge in [0.2, 0.25) is 5.88 Å². The number of aromatic nitrogens is 5. The highest BCUT2D eigenvalue weighted by Crippen LogP contribution is 2.14. The third-order valence-electron chi connectivity index (χ3n) is 4.62. The summed E-state index contributed by atoms with van der Waals surface area (Å²) in [7, 11) is 0. The first-order chi connectivity index (χ1) is 15.1. The lowest BCUT2D eigenvalue weighted by atomic mass is 10.2. The maximum Gasteiger partial charge on any atom is 0.264 e. The third kappa shape index (κ3) is 4.84. The number of amides is 1. The topological polar surface area (TPSA) is 115 Å². The van der Waals surface area contributed by atoms with Crippen molar-refractivity contribution in [2.75, 3.05) is 0 Å². The van der Waals surface area contributed by atoms with E-state index in [4.69, 9.17) is 4.74 Å². The summed E-state index contributed by atoms with van der Waals surface area (Å²) >= 11 is 0. The average Bonchev–Trinajstić information content (AvgIpc) is 3.19. The number of nitrogens with zero attached hydrogens (tertiary/aromatic N) is 4. The van der Waals surface area contributed by atoms with E-state index in [0.29, 0.717) is 36.1 Å². The molecular formula is C22H20N6O3. The van der Waals surface area contributed by atoms with Crippen molar-refractivity contribution in [1.29, 1.82) is 0 Å². The minimum Gasteiger partial charge on any atom is -0.473 e. The van der Waals surface area contributed by atoms with Gasteiger partial charge in [-0.1, -0.05) is 30.3 Å². The van der Waals surface area contributed by atoms with Crippen molar-refractivity contribution in [1.82, 2.24) is 30.3 Å². The average molecular weight is 416 g/mol. The van der Waals surface area contributed by atoms with Gasteiger partial charge in [0.1, 0.15) is 6.61 Å². The molecule has 2 N–H and O–H groups in total. The largest absolute Gasteiger partial charge is 0.473 e. The molecule has 9 heteroatoms. The summed E-state index contributed by atoms with van der Waals surface area (Å²) in [6, 6.07) is 16.3. The van der Waals surface area contributed by atoms with Crippen LogP contribution in [0.2, 0.25) is 0 Å². The Morgan fingerprint density at radius 2 is 1.97 bits per heavy atom. The first-order valence-electron chi connectivity index (χ1n) is 9.61. The maximum atomic E-state index is 12.6. The molecule has 4 aromatic rings. The Hall–Kier alpha value is -4.27. The molecule has 0 spiro atoms. The molecule has 0 fully saturated rings. The van der Waals surface area contributed by atoms with Crippen LogP contribution in [0.1, 0.15) is 27.2 Å². The molecule has 0 radical (unpaired) electrons. The van der Waals surface area contributed by atoms with E-state index in [2.05, 4.69) is 25.6 Å². The number of ether oxygens (including phenoxy) is 1. The summed E-state index contributed by atoms with van der Waals surface area (Å²) in [6.07, 6.45) is 3.12. The minimum absolute atomic E-state index is 0.267. The second-order valence-corrected chi connectivity index (χ2v) is 6.79. The zero-order valence-corrected chi connectivity index (χ0v) is 16.8. The van der Waals surface area contributed by atoms with E-state index in [-0.39, 0.29) is 11.5 Å². The fourth-order valence-electron chi connectivity index (χ4n) is 2.97. The van der Waals surface area contributed by atoms with Crippen LogP contribution in [0.4, 0.5) is 0 Å². The van der Waals surface area contributed by atoms with E-state index in [0.717, 1.165) is 11.1 Å². The summed E-state index contributed by atoms with van der Waals surface area (Å²) in [5.74, 6) is 0.644. The quantitative estimate of drug-likeness (QED) is 0.477. The summed E-state index contributed by atoms with van der Waals surface area (Å²) < 4.78 is 7.23. The smallest absolute Gasteiger partial charge is 0.264 e. The van der Waals surface area contributed by atoms with Crippen molar-refractivity contribution in [3.05, 3.63) is 99.7 Å². The first kappa shape index (κ1) is 20.0. The molecule has 0 aliphatic heterocycles. The molecular weight excluding hydrogens is 396 g/mol. The molecule has 0 aliphatic carbocycles. The van der Waals surface area contributed by atoms with Crippen LogP contribution in [0.25, 0.3) is 5.82 Å². The van der Waals surface area contributed by atoms with Crippen LogP contribution in [0.5, 0.6) is 5.88 Å². The van der Waals surface area contributed by atoms with Gasteiger partial charge in [-0.3, -0.25) is 9.59 Å². The lowest BCUT2D eigenvalue weighted by Crippen LogP contribution is -2.23. The van der Waals surface area contributed by atoms with Gasteiger partial charge in [-0.05, 0) is 30.2 Å². The zero-order valence-electron chi connectivity index (χ0n) is 16.8. The molecule has 0 saturated heterocycles. The highest BCUT2D eigenvalue weighted by Gasteiger charge is 2.15. The van der Waals surface area contributed by atoms with Gasteiger partial charge in [-0.2, -0.15) is 10.2 Å². The predicted molar refractivity (Wildman–Crippen MR) is 113 cm³/mol. The molecule has 9 nitrogen and oxygen atoms in total. The number of hydrogen-bond acceptors (Lipinski definition) is 6. The summed E-state index contributed by atoms with van der Waals surface area (Å²) in [5, 5.41) is 13.4. The molecule has 3 aromatic heterocycles. The molecule has 0 unspecified atom stereocenters. The lowest BCUT2D eigenvalue weighted by molar-refractivity contribution is 0.0950. The first-order valence-corrected chi connectivity index (χ1v) is 9.61. The molecule has 0 atom stereocenters. The SMILES string of the molecule is Cc1c(C(=O)NCc2ccnc(OCc3ccccc3)c2)cnn1-c1ccc(=O)[nH]n1. The van der Waals surface area contributed by atoms with E-state index in [9.17, 15) is 9.59 Å². The molecule has 0 bridgehead atoms. The van der Waals surface area contributed by atoms with E-state index in [1.54, 1.807) is 19.2 Å². The number of hydrogen-bond donors (Lipinski definition) is 2. The Labute approximate surface area is 177 Å². The van der Waals surface area contributed by atoms with Crippen molar-refractivity contribution in [3.8, 4) is 11.7 Å². The van der Waals surface area contributed by atoms with Gasteiger partial charge >= 0.3 is 0 Å². The van der Waals surface area contributed by atoms with Crippen molar-refractivity contribution >= 4 is 5.91 Å². The van der Waals surface area contributed by atoms with E-state index >= 15 is 0 Å². The van der Waals surface area contributed by atoms with Gasteiger partial charge in [0.15, 0.2) is 5.82 Å². The number of carbonyl (C=O) groups is 1. The molecule has 3 heterocycles. The molecule has 4 rings (SSSR count). The number of aromatic amines is 1. The van der Waals surface area contributed by atoms with Crippen molar-refractivity contribution < 1.29 is 9.53 Å². The third-order valence-corrected chi connectivity index (χ3v) is 4.62. The Morgan fingerprint density at radius 3 is 2.74 bits per heavy atom. The van der Waals surface area contributed by atoms with Crippen LogP contribution < -0.4 is 15.6 Å². The minimum atomic E-state index is -0.309. The summed E-state index contributed by atoms with van der Waals surface area (Å²) in [4.78, 5) is 28.0. The zero-order chi connectivity index (χ0) is 21.6. The number of pyridine rings is 1. The second-order valence-electron chi connectivity index (χ2n) is 6.79. The fraction of sp³-hybridized carbons (Fsp3) is 0.136. The van der Waals surface area contributed by atoms with Gasteiger partial charge in [-0.25, -0.2) is 14.8 Å². The number of benzene rings is 1. The standard InChI is InChI=1S/C22H20N6O3/c1-15-18(13-25-28(15)19-7-8-20(29)27-26-19)22(30)24-12-17-9-10-23-21(11-17)31-14-16-5-3-2-4-6-16/h2-11,13H,12,14H2,1H3,(H,24,30)(H,27,29). The normalized spacial score (nSPS) is 10.6. The molecule has 31 heavy (non-hydrogen) atoms. The Bertz CT molecular complexity index is 1230. The maximum absolute atomic E-state index is 12.6. The molecule has 156 valence electrons. The second kappa shape index (κ2) is 9.04. The number of nitrogens with one attached hydrogen (secondary N) is 2. The van der Waals surface area contributed by atoms with E-state index < -0.39 is 0 Å². The number of rotatable bonds is 7. The number of H-pyrrole nitrogens is 1. The van der Waals surface area contributed by atoms with Crippen molar-refractivity contribution in [2.45, 2.75) is 20.1 Å². The highest BCUT2D eigenvalue weighted by atomic mass is 16.5. The summed E-state index contributed by atoms with van der Waals surface area (Å²) in [6.45, 7) is 2.49. The Kier molecular flexibility index (Phi) is 5.84. The van der Waals surface area contributed by atoms with Crippen LogP contribution in [-0.4, -0.2) is 30.9 Å². The Balaban J connectivity index is 1.39. The van der Waals surface area contributed by atoms with E-state index in [1.807, 2.05) is 36.4 Å². The predicted octanol–water partition coefficient (Wildman–Crippen LogP) is 2.17. The van der Waals surface area contributed by atoms with Gasteiger partial charge in [-0.15, -0.1) is 0 Å². The van der Waals surface area contributed by atoms with Crippen molar-refractivity contribution in [2.24, 2.45) is 0 Å². The van der Waals surface area contributed by atoms with Crippen molar-refractivity contribution in [3.63, 3.8) is 0 Å². The van der Waals surface area contributed by atoms with Crippen LogP contribution in [-0.2, 0) is 13.2 Å². The van der Waals surface area contributed by atoms with Gasteiger partial charge in [0.25, 0.3) is 11.5 Å². The van der Waals surface area contributed by atoms with E-state index in [1.165, 1.54) is 23.0 Å². The Morgan fingerprint density at radius 1 is 1.13 bits per heavy atom. The summed E-state index contributed by atoms with van der Waals surface area (Å²) in [5.41, 5.74) is 2.63. The van der Waals surface area contributed by atoms with Gasteiger partial charge < -0.3 is 10.1 Å². The van der Waals surface area contributed by atoms with Gasteiger partial charge in [0.05, 0.1) is 17.5 Å². The van der Waals surface area contributed by atoms with Crippen LogP contribution in [0, 0.1) is 6.92 Å². The molecule has 1 amide bonds. The molecule has 0 aliphatic rings. The van der Waals surface area contributed by atoms with Crippen LogP contribution >= 0.6 is 0 Å². The molecule has 0 saturated carbocycles. The highest BCUT2D eigenvalue weighted by molar-refractivity contribution is 5.95. The van der Waals surface area contributed by atoms with Crippen LogP contribution in [0.3, 0.4) is 0 Å². The fourth-order valence-corrected chi connectivity index (χ4v) is 2.97.